The third-order valence-electron chi connectivity index (χ3n) is 5.43. The Balaban J connectivity index is 1.87. The summed E-state index contributed by atoms with van der Waals surface area (Å²) in [4.78, 5) is 12.1. The van der Waals surface area contributed by atoms with Crippen molar-refractivity contribution in [2.75, 3.05) is 29.8 Å². The highest BCUT2D eigenvalue weighted by molar-refractivity contribution is 7.92. The van der Waals surface area contributed by atoms with E-state index in [1.807, 2.05) is 12.1 Å². The molecule has 0 N–H and O–H groups in total. The largest absolute Gasteiger partial charge is 0.493 e. The van der Waals surface area contributed by atoms with Crippen LogP contribution >= 0.6 is 0 Å². The van der Waals surface area contributed by atoms with Gasteiger partial charge in [0.2, 0.25) is 10.0 Å². The van der Waals surface area contributed by atoms with Crippen LogP contribution in [0.4, 0.5) is 5.69 Å². The molecule has 2 aromatic rings. The van der Waals surface area contributed by atoms with Crippen LogP contribution in [0.2, 0.25) is 0 Å². The lowest BCUT2D eigenvalue weighted by Crippen LogP contribution is -2.38. The van der Waals surface area contributed by atoms with E-state index in [9.17, 15) is 13.2 Å². The molecule has 29 heavy (non-hydrogen) atoms. The van der Waals surface area contributed by atoms with E-state index in [0.717, 1.165) is 24.0 Å². The molecule has 0 atom stereocenters. The van der Waals surface area contributed by atoms with Crippen LogP contribution in [0.1, 0.15) is 25.3 Å². The summed E-state index contributed by atoms with van der Waals surface area (Å²) in [5, 5.41) is 0. The van der Waals surface area contributed by atoms with Crippen LogP contribution in [-0.4, -0.2) is 38.5 Å². The van der Waals surface area contributed by atoms with Gasteiger partial charge in [0.25, 0.3) is 5.56 Å². The fourth-order valence-electron chi connectivity index (χ4n) is 3.53. The second-order valence-corrected chi connectivity index (χ2v) is 9.90. The molecule has 1 fully saturated rings. The van der Waals surface area contributed by atoms with Gasteiger partial charge < -0.3 is 14.0 Å². The Morgan fingerprint density at radius 1 is 1.24 bits per heavy atom. The van der Waals surface area contributed by atoms with Crippen molar-refractivity contribution in [3.8, 4) is 22.6 Å². The first-order chi connectivity index (χ1) is 13.8. The van der Waals surface area contributed by atoms with E-state index < -0.39 is 10.0 Å². The van der Waals surface area contributed by atoms with Crippen molar-refractivity contribution in [2.45, 2.75) is 26.7 Å². The van der Waals surface area contributed by atoms with Gasteiger partial charge in [-0.1, -0.05) is 0 Å². The molecule has 1 saturated carbocycles. The number of ether oxygens (including phenoxy) is 2. The predicted octanol–water partition coefficient (Wildman–Crippen LogP) is 2.70. The van der Waals surface area contributed by atoms with E-state index >= 15 is 0 Å². The Bertz CT molecular complexity index is 1080. The molecule has 2 heterocycles. The molecule has 7 nitrogen and oxygen atoms in total. The molecular formula is C21H26N2O5S. The lowest BCUT2D eigenvalue weighted by Gasteiger charge is -2.31. The van der Waals surface area contributed by atoms with Crippen molar-refractivity contribution >= 4 is 15.7 Å². The van der Waals surface area contributed by atoms with Crippen molar-refractivity contribution in [1.29, 1.82) is 0 Å². The van der Waals surface area contributed by atoms with E-state index in [-0.39, 0.29) is 17.9 Å². The number of anilines is 1. The lowest BCUT2D eigenvalue weighted by molar-refractivity contribution is 0.291. The average Bonchev–Trinajstić information content (AvgIpc) is 3.53. The van der Waals surface area contributed by atoms with E-state index in [2.05, 4.69) is 0 Å². The Kier molecular flexibility index (Phi) is 5.06. The molecule has 4 rings (SSSR count). The van der Waals surface area contributed by atoms with Crippen LogP contribution in [0.3, 0.4) is 0 Å². The Morgan fingerprint density at radius 3 is 2.66 bits per heavy atom. The highest BCUT2D eigenvalue weighted by Crippen LogP contribution is 2.43. The van der Waals surface area contributed by atoms with Crippen LogP contribution in [0.5, 0.6) is 11.5 Å². The van der Waals surface area contributed by atoms with Crippen molar-refractivity contribution in [3.05, 3.63) is 40.3 Å². The van der Waals surface area contributed by atoms with Crippen LogP contribution < -0.4 is 19.3 Å². The summed E-state index contributed by atoms with van der Waals surface area (Å²) in [6, 6.07) is 5.41. The molecule has 0 saturated heterocycles. The first-order valence-corrected chi connectivity index (χ1v) is 11.5. The molecule has 1 aromatic carbocycles. The van der Waals surface area contributed by atoms with Crippen LogP contribution in [-0.2, 0) is 17.1 Å². The first-order valence-electron chi connectivity index (χ1n) is 9.92. The lowest BCUT2D eigenvalue weighted by atomic mass is 10.0. The number of hydrogen-bond donors (Lipinski definition) is 0. The van der Waals surface area contributed by atoms with Gasteiger partial charge in [-0.15, -0.1) is 0 Å². The number of pyridine rings is 1. The number of hydrogen-bond acceptors (Lipinski definition) is 5. The quantitative estimate of drug-likeness (QED) is 0.721. The summed E-state index contributed by atoms with van der Waals surface area (Å²) in [5.74, 6) is 1.73. The van der Waals surface area contributed by atoms with Gasteiger partial charge in [0.15, 0.2) is 0 Å². The number of sulfonamides is 1. The predicted molar refractivity (Wildman–Crippen MR) is 112 cm³/mol. The molecule has 0 spiro atoms. The number of nitrogens with zero attached hydrogens (tertiary/aromatic N) is 2. The minimum absolute atomic E-state index is 0.0145. The van der Waals surface area contributed by atoms with Crippen LogP contribution in [0.25, 0.3) is 11.1 Å². The fraction of sp³-hybridized carbons (Fsp3) is 0.476. The molecule has 1 aliphatic heterocycles. The van der Waals surface area contributed by atoms with E-state index in [0.29, 0.717) is 41.9 Å². The van der Waals surface area contributed by atoms with Gasteiger partial charge in [-0.25, -0.2) is 8.42 Å². The van der Waals surface area contributed by atoms with E-state index in [1.165, 1.54) is 8.87 Å². The van der Waals surface area contributed by atoms with E-state index in [1.54, 1.807) is 33.2 Å². The molecule has 0 radical (unpaired) electrons. The third-order valence-corrected chi connectivity index (χ3v) is 7.21. The Morgan fingerprint density at radius 2 is 2.00 bits per heavy atom. The second-order valence-electron chi connectivity index (χ2n) is 7.72. The van der Waals surface area contributed by atoms with Crippen molar-refractivity contribution in [3.63, 3.8) is 0 Å². The van der Waals surface area contributed by atoms with Gasteiger partial charge in [0.05, 0.1) is 24.6 Å². The smallest absolute Gasteiger partial charge is 0.253 e. The van der Waals surface area contributed by atoms with Gasteiger partial charge in [0, 0.05) is 36.0 Å². The zero-order valence-electron chi connectivity index (χ0n) is 17.0. The number of aryl methyl sites for hydroxylation is 2. The molecule has 0 bridgehead atoms. The maximum absolute atomic E-state index is 12.6. The highest BCUT2D eigenvalue weighted by Gasteiger charge is 2.30. The topological polar surface area (TPSA) is 77.8 Å². The number of rotatable bonds is 6. The molecule has 1 aromatic heterocycles. The van der Waals surface area contributed by atoms with E-state index in [4.69, 9.17) is 9.47 Å². The van der Waals surface area contributed by atoms with Crippen molar-refractivity contribution in [1.82, 2.24) is 4.57 Å². The van der Waals surface area contributed by atoms with Gasteiger partial charge >= 0.3 is 0 Å². The zero-order valence-corrected chi connectivity index (χ0v) is 17.8. The summed E-state index contributed by atoms with van der Waals surface area (Å²) in [6.07, 6.45) is 4.08. The molecule has 8 heteroatoms. The monoisotopic (exact) mass is 418 g/mol. The average molecular weight is 419 g/mol. The van der Waals surface area contributed by atoms with Crippen LogP contribution in [0.15, 0.2) is 29.2 Å². The standard InChI is InChI=1S/C21H26N2O5S/c1-4-29(25,26)23-7-8-27-20-11-19(28-13-15-5-6-15)17(10-18(20)23)16-9-14(2)21(24)22(3)12-16/h9-12,15H,4-8,13H2,1-3H3. The summed E-state index contributed by atoms with van der Waals surface area (Å²) in [7, 11) is -1.72. The van der Waals surface area contributed by atoms with Crippen molar-refractivity contribution < 1.29 is 17.9 Å². The van der Waals surface area contributed by atoms with Gasteiger partial charge in [-0.2, -0.15) is 0 Å². The highest BCUT2D eigenvalue weighted by atomic mass is 32.2. The summed E-state index contributed by atoms with van der Waals surface area (Å²) < 4.78 is 40.1. The summed E-state index contributed by atoms with van der Waals surface area (Å²) >= 11 is 0. The normalized spacial score (nSPS) is 16.3. The second kappa shape index (κ2) is 7.40. The van der Waals surface area contributed by atoms with Gasteiger partial charge in [-0.3, -0.25) is 9.10 Å². The minimum atomic E-state index is -3.43. The molecule has 156 valence electrons. The maximum atomic E-state index is 12.6. The summed E-state index contributed by atoms with van der Waals surface area (Å²) in [5.41, 5.74) is 2.62. The van der Waals surface area contributed by atoms with Gasteiger partial charge in [-0.05, 0) is 44.7 Å². The maximum Gasteiger partial charge on any atom is 0.253 e. The first kappa shape index (κ1) is 19.8. The van der Waals surface area contributed by atoms with Crippen LogP contribution in [0, 0.1) is 12.8 Å². The minimum Gasteiger partial charge on any atom is -0.493 e. The Labute approximate surface area is 170 Å². The number of benzene rings is 1. The third kappa shape index (κ3) is 3.85. The fourth-order valence-corrected chi connectivity index (χ4v) is 4.63. The Hall–Kier alpha value is -2.48. The molecule has 0 amide bonds. The number of aromatic nitrogens is 1. The number of fused-ring (bicyclic) bond motifs is 1. The summed E-state index contributed by atoms with van der Waals surface area (Å²) in [6.45, 7) is 4.60. The SMILES string of the molecule is CCS(=O)(=O)N1CCOc2cc(OCC3CC3)c(-c3cc(C)c(=O)n(C)c3)cc21. The molecular weight excluding hydrogens is 392 g/mol. The molecule has 1 aliphatic carbocycles. The molecule has 0 unspecified atom stereocenters. The van der Waals surface area contributed by atoms with Gasteiger partial charge in [0.1, 0.15) is 18.1 Å². The molecule has 2 aliphatic rings. The zero-order chi connectivity index (χ0) is 20.8. The van der Waals surface area contributed by atoms with Crippen molar-refractivity contribution in [2.24, 2.45) is 13.0 Å².